The molecule has 192 valence electrons. The molecule has 0 aliphatic carbocycles. The van der Waals surface area contributed by atoms with E-state index in [1.54, 1.807) is 0 Å². The van der Waals surface area contributed by atoms with E-state index < -0.39 is 0 Å². The summed E-state index contributed by atoms with van der Waals surface area (Å²) in [6.45, 7) is 33.8. The molecular weight excluding hydrogens is 394 g/mol. The molecule has 3 atom stereocenters. The van der Waals surface area contributed by atoms with Gasteiger partial charge in [-0.2, -0.15) is 0 Å². The summed E-state index contributed by atoms with van der Waals surface area (Å²) >= 11 is 0. The average Bonchev–Trinajstić information content (AvgIpc) is 2.52. The van der Waals surface area contributed by atoms with Gasteiger partial charge < -0.3 is 5.32 Å². The van der Waals surface area contributed by atoms with Crippen LogP contribution in [0.4, 0.5) is 0 Å². The minimum atomic E-state index is -0.208. The van der Waals surface area contributed by atoms with Crippen LogP contribution in [0.1, 0.15) is 130 Å². The van der Waals surface area contributed by atoms with Gasteiger partial charge in [0.15, 0.2) is 0 Å². The average molecular weight is 454 g/mol. The van der Waals surface area contributed by atoms with Crippen molar-refractivity contribution in [2.75, 3.05) is 0 Å². The Hall–Kier alpha value is -0.700. The minimum Gasteiger partial charge on any atom is -0.310 e. The van der Waals surface area contributed by atoms with E-state index in [-0.39, 0.29) is 33.6 Å². The summed E-state index contributed by atoms with van der Waals surface area (Å²) in [5.41, 5.74) is -0.0349. The molecule has 1 N–H and O–H groups in total. The van der Waals surface area contributed by atoms with Crippen molar-refractivity contribution in [1.82, 2.24) is 5.32 Å². The second-order valence-corrected chi connectivity index (χ2v) is 14.6. The summed E-state index contributed by atoms with van der Waals surface area (Å²) in [6.07, 6.45) is 3.02. The highest BCUT2D eigenvalue weighted by Gasteiger charge is 2.34. The second kappa shape index (κ2) is 12.7. The van der Waals surface area contributed by atoms with E-state index in [1.807, 2.05) is 41.5 Å². The zero-order chi connectivity index (χ0) is 26.3. The summed E-state index contributed by atoms with van der Waals surface area (Å²) in [5.74, 6) is 1.59. The van der Waals surface area contributed by atoms with Gasteiger partial charge in [-0.05, 0) is 58.3 Å². The number of hydrogen-bond donors (Lipinski definition) is 1. The molecule has 0 aliphatic rings. The summed E-state index contributed by atoms with van der Waals surface area (Å²) in [6, 6.07) is 0.463. The van der Waals surface area contributed by atoms with Crippen LogP contribution in [0.15, 0.2) is 0 Å². The van der Waals surface area contributed by atoms with Crippen LogP contribution in [0.3, 0.4) is 0 Å². The number of carbonyl (C=O) groups excluding carboxylic acids is 2. The number of nitrogens with one attached hydrogen (secondary N) is 1. The van der Waals surface area contributed by atoms with Gasteiger partial charge in [0.25, 0.3) is 0 Å². The lowest BCUT2D eigenvalue weighted by Gasteiger charge is -2.32. The quantitative estimate of drug-likeness (QED) is 0.404. The molecule has 3 unspecified atom stereocenters. The van der Waals surface area contributed by atoms with E-state index in [2.05, 4.69) is 74.6 Å². The Balaban J connectivity index is 0. The zero-order valence-corrected chi connectivity index (χ0v) is 24.7. The van der Waals surface area contributed by atoms with Crippen molar-refractivity contribution in [2.24, 2.45) is 34.0 Å². The van der Waals surface area contributed by atoms with Gasteiger partial charge >= 0.3 is 0 Å². The van der Waals surface area contributed by atoms with Gasteiger partial charge in [-0.1, -0.05) is 83.1 Å². The lowest BCUT2D eigenvalue weighted by Crippen LogP contribution is -2.42. The molecule has 0 bridgehead atoms. The highest BCUT2D eigenvalue weighted by molar-refractivity contribution is 5.86. The standard InChI is InChI=1S/C15H31NO.C14H28O/c1-11(13(17)14(3,4)5)9-10-12(2)16-15(6,7)8;1-10(2)11(9-13(3,4)5)12(15)14(6,7)8/h11-12,16H,9-10H2,1-8H3;10-11H,9H2,1-8H3. The topological polar surface area (TPSA) is 46.2 Å². The summed E-state index contributed by atoms with van der Waals surface area (Å²) in [5, 5.41) is 3.54. The van der Waals surface area contributed by atoms with E-state index in [0.29, 0.717) is 23.5 Å². The van der Waals surface area contributed by atoms with Crippen LogP contribution in [-0.4, -0.2) is 23.1 Å². The number of rotatable bonds is 8. The fourth-order valence-electron chi connectivity index (χ4n) is 4.03. The molecule has 32 heavy (non-hydrogen) atoms. The monoisotopic (exact) mass is 453 g/mol. The Labute approximate surface area is 202 Å². The maximum atomic E-state index is 12.3. The Morgan fingerprint density at radius 1 is 0.656 bits per heavy atom. The van der Waals surface area contributed by atoms with Crippen LogP contribution < -0.4 is 5.32 Å². The predicted octanol–water partition coefficient (Wildman–Crippen LogP) is 8.10. The molecule has 0 radical (unpaired) electrons. The Morgan fingerprint density at radius 2 is 1.06 bits per heavy atom. The number of hydrogen-bond acceptors (Lipinski definition) is 3. The van der Waals surface area contributed by atoms with Crippen molar-refractivity contribution in [3.63, 3.8) is 0 Å². The van der Waals surface area contributed by atoms with E-state index in [4.69, 9.17) is 0 Å². The molecule has 0 rings (SSSR count). The van der Waals surface area contributed by atoms with E-state index >= 15 is 0 Å². The van der Waals surface area contributed by atoms with E-state index in [0.717, 1.165) is 19.3 Å². The summed E-state index contributed by atoms with van der Waals surface area (Å²) in [7, 11) is 0. The third-order valence-corrected chi connectivity index (χ3v) is 5.61. The zero-order valence-electron chi connectivity index (χ0n) is 24.7. The summed E-state index contributed by atoms with van der Waals surface area (Å²) in [4.78, 5) is 24.3. The Kier molecular flexibility index (Phi) is 13.3. The van der Waals surface area contributed by atoms with Crippen molar-refractivity contribution in [3.8, 4) is 0 Å². The fraction of sp³-hybridized carbons (Fsp3) is 0.931. The normalized spacial score (nSPS) is 16.2. The third kappa shape index (κ3) is 16.0. The first-order valence-electron chi connectivity index (χ1n) is 12.7. The third-order valence-electron chi connectivity index (χ3n) is 5.61. The molecule has 0 saturated carbocycles. The minimum absolute atomic E-state index is 0.149. The highest BCUT2D eigenvalue weighted by atomic mass is 16.1. The van der Waals surface area contributed by atoms with E-state index in [9.17, 15) is 9.59 Å². The van der Waals surface area contributed by atoms with E-state index in [1.165, 1.54) is 0 Å². The van der Waals surface area contributed by atoms with Crippen molar-refractivity contribution in [2.45, 2.75) is 142 Å². The molecule has 0 spiro atoms. The van der Waals surface area contributed by atoms with Crippen LogP contribution in [0.2, 0.25) is 0 Å². The first-order valence-corrected chi connectivity index (χ1v) is 12.7. The molecule has 3 heteroatoms. The molecule has 0 aromatic heterocycles. The van der Waals surface area contributed by atoms with Crippen LogP contribution in [-0.2, 0) is 9.59 Å². The molecule has 3 nitrogen and oxygen atoms in total. The van der Waals surface area contributed by atoms with Gasteiger partial charge in [0.05, 0.1) is 0 Å². The van der Waals surface area contributed by atoms with Gasteiger partial charge in [0, 0.05) is 34.2 Å². The molecule has 0 saturated heterocycles. The largest absolute Gasteiger partial charge is 0.310 e. The maximum absolute atomic E-state index is 12.3. The first kappa shape index (κ1) is 33.5. The molecule has 0 heterocycles. The smallest absolute Gasteiger partial charge is 0.141 e. The molecule has 0 aromatic rings. The van der Waals surface area contributed by atoms with Crippen molar-refractivity contribution in [1.29, 1.82) is 0 Å². The first-order chi connectivity index (χ1) is 13.9. The molecule has 0 aliphatic heterocycles. The van der Waals surface area contributed by atoms with Crippen LogP contribution in [0, 0.1) is 34.0 Å². The maximum Gasteiger partial charge on any atom is 0.141 e. The lowest BCUT2D eigenvalue weighted by atomic mass is 9.71. The van der Waals surface area contributed by atoms with Crippen LogP contribution in [0.5, 0.6) is 0 Å². The number of ketones is 2. The molecular formula is C29H59NO2. The second-order valence-electron chi connectivity index (χ2n) is 14.6. The van der Waals surface area contributed by atoms with Crippen molar-refractivity contribution < 1.29 is 9.59 Å². The fourth-order valence-corrected chi connectivity index (χ4v) is 4.03. The number of Topliss-reactive ketones (excluding diaryl/α,β-unsaturated/α-hetero) is 2. The number of carbonyl (C=O) groups is 2. The van der Waals surface area contributed by atoms with Crippen LogP contribution in [0.25, 0.3) is 0 Å². The summed E-state index contributed by atoms with van der Waals surface area (Å²) < 4.78 is 0. The molecule has 0 aromatic carbocycles. The van der Waals surface area contributed by atoms with Crippen molar-refractivity contribution >= 4 is 11.6 Å². The molecule has 0 amide bonds. The lowest BCUT2D eigenvalue weighted by molar-refractivity contribution is -0.133. The Bertz CT molecular complexity index is 562. The van der Waals surface area contributed by atoms with Gasteiger partial charge in [-0.3, -0.25) is 9.59 Å². The van der Waals surface area contributed by atoms with Gasteiger partial charge in [-0.15, -0.1) is 0 Å². The SMILES string of the molecule is CC(C)C(CC(C)(C)C)C(=O)C(C)(C)C.CC(CCC(C)C(=O)C(C)(C)C)NC(C)(C)C. The van der Waals surface area contributed by atoms with Gasteiger partial charge in [-0.25, -0.2) is 0 Å². The Morgan fingerprint density at radius 3 is 1.34 bits per heavy atom. The highest BCUT2D eigenvalue weighted by Crippen LogP contribution is 2.34. The van der Waals surface area contributed by atoms with Gasteiger partial charge in [0.1, 0.15) is 11.6 Å². The van der Waals surface area contributed by atoms with Crippen LogP contribution >= 0.6 is 0 Å². The molecule has 0 fully saturated rings. The predicted molar refractivity (Wildman–Crippen MR) is 142 cm³/mol. The van der Waals surface area contributed by atoms with Crippen molar-refractivity contribution in [3.05, 3.63) is 0 Å². The van der Waals surface area contributed by atoms with Gasteiger partial charge in [0.2, 0.25) is 0 Å².